The first-order valence-corrected chi connectivity index (χ1v) is 9.23. The van der Waals surface area contributed by atoms with Crippen LogP contribution in [0.1, 0.15) is 29.8 Å². The zero-order chi connectivity index (χ0) is 18.4. The van der Waals surface area contributed by atoms with Gasteiger partial charge in [0, 0.05) is 13.1 Å². The third kappa shape index (κ3) is 2.63. The van der Waals surface area contributed by atoms with E-state index in [9.17, 15) is 4.79 Å². The number of aromatic nitrogens is 4. The van der Waals surface area contributed by atoms with Crippen LogP contribution in [-0.4, -0.2) is 32.6 Å². The van der Waals surface area contributed by atoms with Crippen LogP contribution in [0.15, 0.2) is 23.0 Å². The minimum Gasteiger partial charge on any atom is -0.342 e. The average Bonchev–Trinajstić information content (AvgIpc) is 3.11. The summed E-state index contributed by atoms with van der Waals surface area (Å²) in [7, 11) is 0. The summed E-state index contributed by atoms with van der Waals surface area (Å²) < 4.78 is 2.33. The van der Waals surface area contributed by atoms with E-state index >= 15 is 0 Å². The Morgan fingerprint density at radius 2 is 1.73 bits per heavy atom. The number of rotatable bonds is 2. The Balaban J connectivity index is 2.01. The number of H-pyrrole nitrogens is 1. The van der Waals surface area contributed by atoms with Crippen molar-refractivity contribution >= 4 is 29.2 Å². The highest BCUT2D eigenvalue weighted by molar-refractivity contribution is 7.71. The summed E-state index contributed by atoms with van der Waals surface area (Å²) in [6.45, 7) is 7.78. The van der Waals surface area contributed by atoms with Gasteiger partial charge in [0.05, 0.1) is 5.69 Å². The summed E-state index contributed by atoms with van der Waals surface area (Å²) in [5.74, 6) is 1.32. The zero-order valence-corrected chi connectivity index (χ0v) is 16.0. The fraction of sp³-hybridized carbons (Fsp3) is 0.368. The minimum absolute atomic E-state index is 0.227. The summed E-state index contributed by atoms with van der Waals surface area (Å²) in [6, 6.07) is 6.08. The molecule has 0 aliphatic carbocycles. The van der Waals surface area contributed by atoms with Crippen LogP contribution in [-0.2, 0) is 0 Å². The molecule has 0 amide bonds. The second kappa shape index (κ2) is 6.32. The smallest absolute Gasteiger partial charge is 0.264 e. The van der Waals surface area contributed by atoms with E-state index in [1.807, 2.05) is 43.5 Å². The minimum atomic E-state index is -0.227. The lowest BCUT2D eigenvalue weighted by Gasteiger charge is -2.18. The number of hydrogen-bond acceptors (Lipinski definition) is 5. The van der Waals surface area contributed by atoms with Crippen LogP contribution in [0.3, 0.4) is 0 Å². The van der Waals surface area contributed by atoms with Gasteiger partial charge in [0.25, 0.3) is 5.56 Å². The van der Waals surface area contributed by atoms with Gasteiger partial charge in [-0.15, -0.1) is 0 Å². The number of anilines is 1. The molecule has 4 rings (SSSR count). The summed E-state index contributed by atoms with van der Waals surface area (Å²) in [5.41, 5.74) is 3.34. The number of fused-ring (bicyclic) bond motifs is 1. The quantitative estimate of drug-likeness (QED) is 0.704. The molecule has 26 heavy (non-hydrogen) atoms. The van der Waals surface area contributed by atoms with Crippen LogP contribution in [0.25, 0.3) is 16.7 Å². The molecule has 1 aliphatic rings. The largest absolute Gasteiger partial charge is 0.342 e. The maximum absolute atomic E-state index is 12.8. The van der Waals surface area contributed by atoms with E-state index in [2.05, 4.69) is 19.9 Å². The molecule has 0 saturated carbocycles. The van der Waals surface area contributed by atoms with E-state index in [4.69, 9.17) is 12.2 Å². The van der Waals surface area contributed by atoms with Crippen molar-refractivity contribution in [1.82, 2.24) is 19.5 Å². The maximum atomic E-state index is 12.8. The molecule has 0 bridgehead atoms. The van der Waals surface area contributed by atoms with E-state index in [-0.39, 0.29) is 5.56 Å². The Labute approximate surface area is 156 Å². The molecule has 1 aromatic carbocycles. The van der Waals surface area contributed by atoms with E-state index in [0.29, 0.717) is 21.6 Å². The molecule has 6 nitrogen and oxygen atoms in total. The van der Waals surface area contributed by atoms with Crippen molar-refractivity contribution in [3.05, 3.63) is 50.1 Å². The van der Waals surface area contributed by atoms with Gasteiger partial charge in [-0.2, -0.15) is 4.98 Å². The molecule has 3 heterocycles. The number of nitrogens with one attached hydrogen (secondary N) is 1. The van der Waals surface area contributed by atoms with Crippen molar-refractivity contribution in [1.29, 1.82) is 0 Å². The molecule has 2 aromatic heterocycles. The lowest BCUT2D eigenvalue weighted by molar-refractivity contribution is 0.869. The normalized spacial score (nSPS) is 14.3. The molecule has 134 valence electrons. The van der Waals surface area contributed by atoms with Crippen molar-refractivity contribution in [2.24, 2.45) is 0 Å². The van der Waals surface area contributed by atoms with Crippen LogP contribution >= 0.6 is 12.2 Å². The topological polar surface area (TPSA) is 66.8 Å². The van der Waals surface area contributed by atoms with Crippen molar-refractivity contribution in [3.8, 4) is 5.69 Å². The standard InChI is InChI=1S/C19H21N5OS/c1-11-7-6-8-12(2)15(11)24-13(3)20-16-14(18(24)26)17(25)22-19(21-16)23-9-4-5-10-23/h6-8H,4-5,9-10H2,1-3H3,(H,21,22,25). The van der Waals surface area contributed by atoms with Crippen molar-refractivity contribution in [3.63, 3.8) is 0 Å². The molecule has 7 heteroatoms. The lowest BCUT2D eigenvalue weighted by atomic mass is 10.1. The number of aromatic amines is 1. The summed E-state index contributed by atoms with van der Waals surface area (Å²) >= 11 is 5.70. The third-order valence-electron chi connectivity index (χ3n) is 4.96. The van der Waals surface area contributed by atoms with Crippen LogP contribution < -0.4 is 10.5 Å². The first-order chi connectivity index (χ1) is 12.5. The molecule has 0 radical (unpaired) electrons. The highest BCUT2D eigenvalue weighted by Gasteiger charge is 2.19. The van der Waals surface area contributed by atoms with Gasteiger partial charge >= 0.3 is 0 Å². The molecular weight excluding hydrogens is 346 g/mol. The highest BCUT2D eigenvalue weighted by Crippen LogP contribution is 2.23. The Morgan fingerprint density at radius 1 is 1.08 bits per heavy atom. The van der Waals surface area contributed by atoms with Gasteiger partial charge in [0.2, 0.25) is 5.95 Å². The second-order valence-electron chi connectivity index (χ2n) is 6.82. The molecular formula is C19H21N5OS. The van der Waals surface area contributed by atoms with Crippen LogP contribution in [0.5, 0.6) is 0 Å². The molecule has 0 unspecified atom stereocenters. The fourth-order valence-electron chi connectivity index (χ4n) is 3.69. The lowest BCUT2D eigenvalue weighted by Crippen LogP contribution is -2.25. The average molecular weight is 367 g/mol. The number of aryl methyl sites for hydroxylation is 3. The monoisotopic (exact) mass is 367 g/mol. The van der Waals surface area contributed by atoms with Crippen molar-refractivity contribution < 1.29 is 0 Å². The van der Waals surface area contributed by atoms with Crippen molar-refractivity contribution in [2.45, 2.75) is 33.6 Å². The Bertz CT molecular complexity index is 1100. The van der Waals surface area contributed by atoms with Gasteiger partial charge in [-0.3, -0.25) is 14.3 Å². The SMILES string of the molecule is Cc1cccc(C)c1-n1c(C)nc2nc(N3CCCC3)[nH]c(=O)c2c1=S. The van der Waals surface area contributed by atoms with Gasteiger partial charge in [0.15, 0.2) is 5.65 Å². The second-order valence-corrected chi connectivity index (χ2v) is 7.21. The summed E-state index contributed by atoms with van der Waals surface area (Å²) in [6.07, 6.45) is 2.23. The first-order valence-electron chi connectivity index (χ1n) is 8.82. The first kappa shape index (κ1) is 16.9. The molecule has 1 saturated heterocycles. The predicted octanol–water partition coefficient (Wildman–Crippen LogP) is 3.36. The van der Waals surface area contributed by atoms with Crippen molar-refractivity contribution in [2.75, 3.05) is 18.0 Å². The van der Waals surface area contributed by atoms with Crippen LogP contribution in [0.4, 0.5) is 5.95 Å². The van der Waals surface area contributed by atoms with E-state index in [1.165, 1.54) is 0 Å². The predicted molar refractivity (Wildman–Crippen MR) is 106 cm³/mol. The molecule has 1 fully saturated rings. The summed E-state index contributed by atoms with van der Waals surface area (Å²) in [5, 5.41) is 0.371. The highest BCUT2D eigenvalue weighted by atomic mass is 32.1. The number of para-hydroxylation sites is 1. The van der Waals surface area contributed by atoms with Gasteiger partial charge in [-0.1, -0.05) is 30.4 Å². The Hall–Kier alpha value is -2.54. The number of nitrogens with zero attached hydrogens (tertiary/aromatic N) is 4. The number of benzene rings is 1. The molecule has 0 atom stereocenters. The molecule has 3 aromatic rings. The summed E-state index contributed by atoms with van der Waals surface area (Å²) in [4.78, 5) is 27.0. The molecule has 1 aliphatic heterocycles. The van der Waals surface area contributed by atoms with Crippen LogP contribution in [0, 0.1) is 25.4 Å². The van der Waals surface area contributed by atoms with Crippen LogP contribution in [0.2, 0.25) is 0 Å². The molecule has 1 N–H and O–H groups in total. The third-order valence-corrected chi connectivity index (χ3v) is 5.35. The molecule has 0 spiro atoms. The van der Waals surface area contributed by atoms with Gasteiger partial charge in [-0.25, -0.2) is 4.98 Å². The van der Waals surface area contributed by atoms with E-state index < -0.39 is 0 Å². The van der Waals surface area contributed by atoms with E-state index in [0.717, 1.165) is 48.6 Å². The Kier molecular flexibility index (Phi) is 4.11. The Morgan fingerprint density at radius 3 is 2.38 bits per heavy atom. The maximum Gasteiger partial charge on any atom is 0.264 e. The van der Waals surface area contributed by atoms with Gasteiger partial charge in [-0.05, 0) is 44.7 Å². The zero-order valence-electron chi connectivity index (χ0n) is 15.2. The van der Waals surface area contributed by atoms with E-state index in [1.54, 1.807) is 0 Å². The van der Waals surface area contributed by atoms with Gasteiger partial charge < -0.3 is 4.90 Å². The number of hydrogen-bond donors (Lipinski definition) is 1. The van der Waals surface area contributed by atoms with Gasteiger partial charge in [0.1, 0.15) is 15.9 Å². The fourth-order valence-corrected chi connectivity index (χ4v) is 4.09.